The Hall–Kier alpha value is -5.38. The average Bonchev–Trinajstić information content (AvgIpc) is 3.44. The van der Waals surface area contributed by atoms with Gasteiger partial charge in [-0.15, -0.1) is 11.3 Å². The van der Waals surface area contributed by atoms with E-state index in [4.69, 9.17) is 0 Å². The van der Waals surface area contributed by atoms with Crippen molar-refractivity contribution >= 4 is 70.7 Å². The third-order valence-electron chi connectivity index (χ3n) is 8.01. The van der Waals surface area contributed by atoms with Crippen LogP contribution in [0.3, 0.4) is 0 Å². The molecule has 1 aromatic heterocycles. The number of hydrogen-bond acceptors (Lipinski definition) is 3. The van der Waals surface area contributed by atoms with Crippen LogP contribution in [0.1, 0.15) is 0 Å². The quantitative estimate of drug-likeness (QED) is 0.215. The Morgan fingerprint density at radius 2 is 1.07 bits per heavy atom. The fraction of sp³-hybridized carbons (Fsp3) is 0. The Morgan fingerprint density at radius 1 is 0.419 bits per heavy atom. The van der Waals surface area contributed by atoms with Gasteiger partial charge in [0.25, 0.3) is 0 Å². The van der Waals surface area contributed by atoms with Crippen molar-refractivity contribution in [1.82, 2.24) is 0 Å². The predicted molar refractivity (Wildman–Crippen MR) is 187 cm³/mol. The lowest BCUT2D eigenvalue weighted by molar-refractivity contribution is 1.28. The monoisotopic (exact) mass is 568 g/mol. The smallest absolute Gasteiger partial charge is 0.0482 e. The molecule has 0 amide bonds. The Labute approximate surface area is 255 Å². The van der Waals surface area contributed by atoms with Crippen molar-refractivity contribution in [2.45, 2.75) is 0 Å². The Bertz CT molecular complexity index is 2210. The summed E-state index contributed by atoms with van der Waals surface area (Å²) in [7, 11) is 0. The van der Waals surface area contributed by atoms with Crippen LogP contribution in [0.15, 0.2) is 164 Å². The van der Waals surface area contributed by atoms with E-state index in [2.05, 4.69) is 174 Å². The molecule has 0 atom stereocenters. The van der Waals surface area contributed by atoms with Crippen LogP contribution in [0, 0.1) is 0 Å². The normalized spacial score (nSPS) is 11.3. The van der Waals surface area contributed by atoms with Crippen LogP contribution >= 0.6 is 11.3 Å². The van der Waals surface area contributed by atoms with Gasteiger partial charge in [-0.3, -0.25) is 0 Å². The first-order chi connectivity index (χ1) is 21.3. The fourth-order valence-corrected chi connectivity index (χ4v) is 7.07. The maximum Gasteiger partial charge on any atom is 0.0482 e. The molecule has 0 saturated heterocycles. The van der Waals surface area contributed by atoms with Crippen LogP contribution in [0.25, 0.3) is 42.1 Å². The molecule has 0 aliphatic rings. The topological polar surface area (TPSA) is 15.3 Å². The van der Waals surface area contributed by atoms with Crippen molar-refractivity contribution in [3.05, 3.63) is 164 Å². The van der Waals surface area contributed by atoms with Crippen molar-refractivity contribution in [3.8, 4) is 11.1 Å². The van der Waals surface area contributed by atoms with Gasteiger partial charge >= 0.3 is 0 Å². The lowest BCUT2D eigenvalue weighted by Crippen LogP contribution is -2.10. The van der Waals surface area contributed by atoms with Gasteiger partial charge in [0, 0.05) is 48.6 Å². The highest BCUT2D eigenvalue weighted by atomic mass is 32.1. The van der Waals surface area contributed by atoms with Gasteiger partial charge in [-0.05, 0) is 88.6 Å². The molecule has 1 heterocycles. The molecule has 2 nitrogen and oxygen atoms in total. The lowest BCUT2D eigenvalue weighted by Gasteiger charge is -2.26. The number of rotatable bonds is 6. The fourth-order valence-electron chi connectivity index (χ4n) is 5.98. The molecule has 0 fully saturated rings. The van der Waals surface area contributed by atoms with Crippen LogP contribution in [-0.4, -0.2) is 0 Å². The third-order valence-corrected chi connectivity index (χ3v) is 9.16. The second-order valence-electron chi connectivity index (χ2n) is 10.7. The summed E-state index contributed by atoms with van der Waals surface area (Å²) in [6, 6.07) is 58.5. The molecule has 0 radical (unpaired) electrons. The molecule has 0 aliphatic heterocycles. The Morgan fingerprint density at radius 3 is 1.95 bits per heavy atom. The minimum absolute atomic E-state index is 1.05. The number of hydrogen-bond donors (Lipinski definition) is 1. The van der Waals surface area contributed by atoms with E-state index in [1.165, 1.54) is 42.1 Å². The maximum atomic E-state index is 3.67. The van der Waals surface area contributed by atoms with Crippen molar-refractivity contribution < 1.29 is 0 Å². The number of thiophene rings is 1. The highest BCUT2D eigenvalue weighted by molar-refractivity contribution is 7.25. The summed E-state index contributed by atoms with van der Waals surface area (Å²) in [4.78, 5) is 2.31. The number of nitrogens with zero attached hydrogens (tertiary/aromatic N) is 1. The molecule has 0 unspecified atom stereocenters. The van der Waals surface area contributed by atoms with E-state index in [0.717, 1.165) is 28.4 Å². The first kappa shape index (κ1) is 25.3. The van der Waals surface area contributed by atoms with E-state index in [9.17, 15) is 0 Å². The van der Waals surface area contributed by atoms with Gasteiger partial charge in [-0.2, -0.15) is 0 Å². The first-order valence-electron chi connectivity index (χ1n) is 14.5. The van der Waals surface area contributed by atoms with Crippen molar-refractivity contribution in [2.24, 2.45) is 0 Å². The predicted octanol–water partition coefficient (Wildman–Crippen LogP) is 12.1. The zero-order valence-corrected chi connectivity index (χ0v) is 24.3. The standard InChI is InChI=1S/C40H28N2S/c1-2-13-32(14-3-1)42(33-23-20-29(21-24-33)36-18-8-11-28-10-4-5-16-35(28)36)34-15-9-12-30(26-34)41-31-22-25-40-38(27-31)37-17-6-7-19-39(37)43-40/h1-27,41H. The summed E-state index contributed by atoms with van der Waals surface area (Å²) < 4.78 is 2.63. The second-order valence-corrected chi connectivity index (χ2v) is 11.8. The molecular formula is C40H28N2S. The third kappa shape index (κ3) is 4.80. The van der Waals surface area contributed by atoms with Crippen LogP contribution in [0.5, 0.6) is 0 Å². The van der Waals surface area contributed by atoms with Crippen LogP contribution < -0.4 is 10.2 Å². The minimum Gasteiger partial charge on any atom is -0.355 e. The van der Waals surface area contributed by atoms with Crippen molar-refractivity contribution in [3.63, 3.8) is 0 Å². The van der Waals surface area contributed by atoms with E-state index in [1.54, 1.807) is 0 Å². The summed E-state index contributed by atoms with van der Waals surface area (Å²) in [5, 5.41) is 8.80. The van der Waals surface area contributed by atoms with Crippen LogP contribution in [-0.2, 0) is 0 Å². The summed E-state index contributed by atoms with van der Waals surface area (Å²) in [6.07, 6.45) is 0. The van der Waals surface area contributed by atoms with Gasteiger partial charge in [0.05, 0.1) is 0 Å². The number of benzene rings is 7. The zero-order chi connectivity index (χ0) is 28.6. The number of fused-ring (bicyclic) bond motifs is 4. The Balaban J connectivity index is 1.15. The maximum absolute atomic E-state index is 3.67. The summed E-state index contributed by atoms with van der Waals surface area (Å²) in [6.45, 7) is 0. The molecule has 8 rings (SSSR count). The van der Waals surface area contributed by atoms with Gasteiger partial charge in [-0.1, -0.05) is 97.1 Å². The number of para-hydroxylation sites is 1. The molecular weight excluding hydrogens is 541 g/mol. The van der Waals surface area contributed by atoms with E-state index >= 15 is 0 Å². The minimum atomic E-state index is 1.05. The molecule has 0 spiro atoms. The molecule has 7 aromatic carbocycles. The summed E-state index contributed by atoms with van der Waals surface area (Å²) in [5.41, 5.74) is 7.90. The van der Waals surface area contributed by atoms with Gasteiger partial charge in [0.2, 0.25) is 0 Å². The zero-order valence-electron chi connectivity index (χ0n) is 23.4. The highest BCUT2D eigenvalue weighted by Gasteiger charge is 2.14. The highest BCUT2D eigenvalue weighted by Crippen LogP contribution is 2.39. The molecule has 43 heavy (non-hydrogen) atoms. The lowest BCUT2D eigenvalue weighted by atomic mass is 9.98. The molecule has 0 saturated carbocycles. The SMILES string of the molecule is c1ccc(N(c2ccc(-c3cccc4ccccc34)cc2)c2cccc(Nc3ccc4sc5ccccc5c4c3)c2)cc1. The molecule has 8 aromatic rings. The van der Waals surface area contributed by atoms with E-state index in [0.29, 0.717) is 0 Å². The first-order valence-corrected chi connectivity index (χ1v) is 15.3. The van der Waals surface area contributed by atoms with Crippen molar-refractivity contribution in [1.29, 1.82) is 0 Å². The van der Waals surface area contributed by atoms with Gasteiger partial charge in [0.1, 0.15) is 0 Å². The van der Waals surface area contributed by atoms with Gasteiger partial charge < -0.3 is 10.2 Å². The number of nitrogens with one attached hydrogen (secondary N) is 1. The summed E-state index contributed by atoms with van der Waals surface area (Å²) >= 11 is 1.84. The van der Waals surface area contributed by atoms with Gasteiger partial charge in [-0.25, -0.2) is 0 Å². The van der Waals surface area contributed by atoms with Crippen LogP contribution in [0.4, 0.5) is 28.4 Å². The van der Waals surface area contributed by atoms with Crippen molar-refractivity contribution in [2.75, 3.05) is 10.2 Å². The van der Waals surface area contributed by atoms with E-state index in [1.807, 2.05) is 11.3 Å². The van der Waals surface area contributed by atoms with Gasteiger partial charge in [0.15, 0.2) is 0 Å². The van der Waals surface area contributed by atoms with E-state index < -0.39 is 0 Å². The largest absolute Gasteiger partial charge is 0.355 e. The second kappa shape index (κ2) is 10.8. The van der Waals surface area contributed by atoms with E-state index in [-0.39, 0.29) is 0 Å². The summed E-state index contributed by atoms with van der Waals surface area (Å²) in [5.74, 6) is 0. The molecule has 204 valence electrons. The Kier molecular flexibility index (Phi) is 6.36. The molecule has 0 bridgehead atoms. The number of anilines is 5. The molecule has 0 aliphatic carbocycles. The average molecular weight is 569 g/mol. The van der Waals surface area contributed by atoms with Crippen LogP contribution in [0.2, 0.25) is 0 Å². The molecule has 3 heteroatoms. The molecule has 1 N–H and O–H groups in total.